The van der Waals surface area contributed by atoms with Crippen LogP contribution in [0.1, 0.15) is 31.7 Å². The molecule has 1 saturated carbocycles. The van der Waals surface area contributed by atoms with Gasteiger partial charge in [-0.25, -0.2) is 13.4 Å². The second-order valence-corrected chi connectivity index (χ2v) is 7.11. The lowest BCUT2D eigenvalue weighted by Crippen LogP contribution is -2.33. The van der Waals surface area contributed by atoms with E-state index >= 15 is 0 Å². The summed E-state index contributed by atoms with van der Waals surface area (Å²) in [7, 11) is -3.51. The van der Waals surface area contributed by atoms with Crippen LogP contribution >= 0.6 is 0 Å². The van der Waals surface area contributed by atoms with Gasteiger partial charge in [-0.1, -0.05) is 19.1 Å². The van der Waals surface area contributed by atoms with Gasteiger partial charge in [-0.3, -0.25) is 0 Å². The zero-order chi connectivity index (χ0) is 15.3. The highest BCUT2D eigenvalue weighted by Crippen LogP contribution is 2.31. The molecular weight excluding hydrogens is 286 g/mol. The van der Waals surface area contributed by atoms with Gasteiger partial charge in [0.2, 0.25) is 0 Å². The fraction of sp³-hybridized carbons (Fsp3) is 0.533. The summed E-state index contributed by atoms with van der Waals surface area (Å²) in [5, 5.41) is 3.39. The van der Waals surface area contributed by atoms with Gasteiger partial charge in [-0.15, -0.1) is 6.58 Å². The molecular formula is C15H23N3O2S. The van der Waals surface area contributed by atoms with Crippen LogP contribution < -0.4 is 5.32 Å². The lowest BCUT2D eigenvalue weighted by molar-refractivity contribution is 0.433. The van der Waals surface area contributed by atoms with Crippen LogP contribution in [0, 0.1) is 0 Å². The minimum absolute atomic E-state index is 0.112. The van der Waals surface area contributed by atoms with E-state index in [1.807, 2.05) is 6.07 Å². The highest BCUT2D eigenvalue weighted by Gasteiger charge is 2.37. The molecule has 0 atom stereocenters. The van der Waals surface area contributed by atoms with E-state index < -0.39 is 10.0 Å². The quantitative estimate of drug-likeness (QED) is 0.559. The second kappa shape index (κ2) is 7.15. The minimum Gasteiger partial charge on any atom is -0.313 e. The lowest BCUT2D eigenvalue weighted by Gasteiger charge is -2.19. The monoisotopic (exact) mass is 309 g/mol. The number of sulfonamides is 1. The highest BCUT2D eigenvalue weighted by molar-refractivity contribution is 7.89. The Bertz CT molecular complexity index is 565. The topological polar surface area (TPSA) is 62.3 Å². The summed E-state index contributed by atoms with van der Waals surface area (Å²) in [5.41, 5.74) is 0.990. The van der Waals surface area contributed by atoms with Crippen molar-refractivity contribution in [2.24, 2.45) is 0 Å². The fourth-order valence-electron chi connectivity index (χ4n) is 2.13. The van der Waals surface area contributed by atoms with Crippen molar-refractivity contribution in [3.63, 3.8) is 0 Å². The molecule has 1 aromatic rings. The Morgan fingerprint density at radius 3 is 2.76 bits per heavy atom. The van der Waals surface area contributed by atoms with Crippen molar-refractivity contribution in [3.05, 3.63) is 36.5 Å². The molecule has 0 saturated heterocycles. The minimum atomic E-state index is -3.51. The molecule has 5 nitrogen and oxygen atoms in total. The summed E-state index contributed by atoms with van der Waals surface area (Å²) < 4.78 is 26.6. The molecule has 0 spiro atoms. The van der Waals surface area contributed by atoms with Crippen LogP contribution in [0.3, 0.4) is 0 Å². The normalized spacial score (nSPS) is 15.3. The summed E-state index contributed by atoms with van der Waals surface area (Å²) in [6.45, 7) is 7.73. The fourth-order valence-corrected chi connectivity index (χ4v) is 3.70. The Morgan fingerprint density at radius 1 is 1.48 bits per heavy atom. The van der Waals surface area contributed by atoms with E-state index in [4.69, 9.17) is 0 Å². The van der Waals surface area contributed by atoms with E-state index in [1.165, 1.54) is 4.31 Å². The third kappa shape index (κ3) is 4.12. The van der Waals surface area contributed by atoms with E-state index in [1.54, 1.807) is 18.3 Å². The molecule has 1 heterocycles. The molecule has 0 amide bonds. The maximum Gasteiger partial charge on any atom is 0.261 e. The van der Waals surface area contributed by atoms with Crippen molar-refractivity contribution in [2.75, 3.05) is 13.1 Å². The predicted octanol–water partition coefficient (Wildman–Crippen LogP) is 1.92. The second-order valence-electron chi connectivity index (χ2n) is 5.28. The first kappa shape index (κ1) is 16.1. The Kier molecular flexibility index (Phi) is 5.50. The standard InChI is InChI=1S/C15H23N3O2S/c1-3-9-16-11-13-5-8-15(17-12-13)21(19,20)18(10-4-2)14-6-7-14/h4-5,8,12,14,16H,2-3,6-7,9-11H2,1H3. The molecule has 116 valence electrons. The first-order valence-electron chi connectivity index (χ1n) is 7.38. The Balaban J connectivity index is 2.10. The highest BCUT2D eigenvalue weighted by atomic mass is 32.2. The van der Waals surface area contributed by atoms with Crippen LogP contribution in [-0.2, 0) is 16.6 Å². The smallest absolute Gasteiger partial charge is 0.261 e. The third-order valence-corrected chi connectivity index (χ3v) is 5.22. The Morgan fingerprint density at radius 2 is 2.24 bits per heavy atom. The first-order chi connectivity index (χ1) is 10.1. The summed E-state index contributed by atoms with van der Waals surface area (Å²) in [6.07, 6.45) is 6.17. The number of rotatable bonds is 9. The van der Waals surface area contributed by atoms with Gasteiger partial charge in [-0.05, 0) is 37.4 Å². The first-order valence-corrected chi connectivity index (χ1v) is 8.82. The van der Waals surface area contributed by atoms with Gasteiger partial charge in [0.15, 0.2) is 5.03 Å². The van der Waals surface area contributed by atoms with E-state index in [9.17, 15) is 8.42 Å². The lowest BCUT2D eigenvalue weighted by atomic mass is 10.3. The molecule has 2 rings (SSSR count). The number of hydrogen-bond acceptors (Lipinski definition) is 4. The molecule has 1 fully saturated rings. The molecule has 0 unspecified atom stereocenters. The summed E-state index contributed by atoms with van der Waals surface area (Å²) >= 11 is 0. The van der Waals surface area contributed by atoms with Crippen LogP contribution in [-0.4, -0.2) is 36.8 Å². The van der Waals surface area contributed by atoms with E-state index in [2.05, 4.69) is 23.8 Å². The van der Waals surface area contributed by atoms with E-state index in [-0.39, 0.29) is 11.1 Å². The van der Waals surface area contributed by atoms with Crippen LogP contribution in [0.2, 0.25) is 0 Å². The van der Waals surface area contributed by atoms with Gasteiger partial charge >= 0.3 is 0 Å². The van der Waals surface area contributed by atoms with Gasteiger partial charge in [0.25, 0.3) is 10.0 Å². The van der Waals surface area contributed by atoms with Crippen LogP contribution in [0.25, 0.3) is 0 Å². The number of nitrogens with one attached hydrogen (secondary N) is 1. The van der Waals surface area contributed by atoms with Crippen molar-refractivity contribution in [1.29, 1.82) is 0 Å². The molecule has 0 bridgehead atoms. The number of pyridine rings is 1. The van der Waals surface area contributed by atoms with Crippen LogP contribution in [0.4, 0.5) is 0 Å². The van der Waals surface area contributed by atoms with Crippen molar-refractivity contribution < 1.29 is 8.42 Å². The van der Waals surface area contributed by atoms with Crippen molar-refractivity contribution in [3.8, 4) is 0 Å². The molecule has 21 heavy (non-hydrogen) atoms. The van der Waals surface area contributed by atoms with Crippen LogP contribution in [0.5, 0.6) is 0 Å². The van der Waals surface area contributed by atoms with Crippen molar-refractivity contribution in [1.82, 2.24) is 14.6 Å². The van der Waals surface area contributed by atoms with E-state index in [0.717, 1.165) is 31.4 Å². The zero-order valence-corrected chi connectivity index (χ0v) is 13.3. The maximum absolute atomic E-state index is 12.6. The molecule has 6 heteroatoms. The Hall–Kier alpha value is -1.24. The number of nitrogens with zero attached hydrogens (tertiary/aromatic N) is 2. The average Bonchev–Trinajstić information content (AvgIpc) is 3.30. The van der Waals surface area contributed by atoms with Crippen molar-refractivity contribution in [2.45, 2.75) is 43.8 Å². The average molecular weight is 309 g/mol. The summed E-state index contributed by atoms with van der Waals surface area (Å²) in [4.78, 5) is 4.14. The van der Waals surface area contributed by atoms with Gasteiger partial charge in [0, 0.05) is 25.3 Å². The molecule has 0 aliphatic heterocycles. The largest absolute Gasteiger partial charge is 0.313 e. The van der Waals surface area contributed by atoms with E-state index in [0.29, 0.717) is 13.1 Å². The zero-order valence-electron chi connectivity index (χ0n) is 12.5. The van der Waals surface area contributed by atoms with Gasteiger partial charge < -0.3 is 5.32 Å². The van der Waals surface area contributed by atoms with Gasteiger partial charge in [0.1, 0.15) is 0 Å². The van der Waals surface area contributed by atoms with Crippen molar-refractivity contribution >= 4 is 10.0 Å². The molecule has 1 aromatic heterocycles. The Labute approximate surface area is 127 Å². The molecule has 0 radical (unpaired) electrons. The molecule has 0 aromatic carbocycles. The third-order valence-electron chi connectivity index (χ3n) is 3.39. The molecule has 1 aliphatic carbocycles. The van der Waals surface area contributed by atoms with Gasteiger partial charge in [-0.2, -0.15) is 4.31 Å². The van der Waals surface area contributed by atoms with Gasteiger partial charge in [0.05, 0.1) is 0 Å². The molecule has 1 N–H and O–H groups in total. The van der Waals surface area contributed by atoms with Crippen LogP contribution in [0.15, 0.2) is 36.0 Å². The maximum atomic E-state index is 12.6. The molecule has 1 aliphatic rings. The predicted molar refractivity (Wildman–Crippen MR) is 83.3 cm³/mol. The number of hydrogen-bond donors (Lipinski definition) is 1. The summed E-state index contributed by atoms with van der Waals surface area (Å²) in [5.74, 6) is 0. The number of aromatic nitrogens is 1. The summed E-state index contributed by atoms with van der Waals surface area (Å²) in [6, 6.07) is 3.53. The SMILES string of the molecule is C=CCN(C1CC1)S(=O)(=O)c1ccc(CNCCC)cn1.